The topological polar surface area (TPSA) is 63.4 Å². The summed E-state index contributed by atoms with van der Waals surface area (Å²) in [5, 5.41) is 4.16. The van der Waals surface area contributed by atoms with Gasteiger partial charge in [0.15, 0.2) is 0 Å². The van der Waals surface area contributed by atoms with Crippen molar-refractivity contribution in [3.63, 3.8) is 0 Å². The Hall–Kier alpha value is -2.44. The fourth-order valence-electron chi connectivity index (χ4n) is 2.51. The Morgan fingerprint density at radius 3 is 2.12 bits per heavy atom. The van der Waals surface area contributed by atoms with Gasteiger partial charge in [0.2, 0.25) is 10.0 Å². The van der Waals surface area contributed by atoms with Crippen molar-refractivity contribution < 1.29 is 12.9 Å². The minimum absolute atomic E-state index is 0.256. The molecule has 0 aliphatic heterocycles. The first-order valence-corrected chi connectivity index (χ1v) is 8.90. The summed E-state index contributed by atoms with van der Waals surface area (Å²) in [6.45, 7) is 1.85. The molecule has 1 heterocycles. The summed E-state index contributed by atoms with van der Waals surface area (Å²) in [5.41, 5.74) is 3.44. The maximum absolute atomic E-state index is 12.2. The highest BCUT2D eigenvalue weighted by atomic mass is 32.2. The van der Waals surface area contributed by atoms with Crippen molar-refractivity contribution in [2.75, 3.05) is 14.1 Å². The predicted octanol–water partition coefficient (Wildman–Crippen LogP) is 3.57. The maximum Gasteiger partial charge on any atom is 0.242 e. The molecule has 0 fully saturated rings. The zero-order valence-electron chi connectivity index (χ0n) is 13.7. The molecule has 0 atom stereocenters. The Bertz CT molecular complexity index is 944. The van der Waals surface area contributed by atoms with Gasteiger partial charge in [0.1, 0.15) is 11.5 Å². The SMILES string of the molecule is Cc1onc(-c2ccccc2)c1-c1ccc(S(=O)(=O)N(C)C)cc1. The molecule has 0 aliphatic carbocycles. The lowest BCUT2D eigenvalue weighted by Crippen LogP contribution is -2.22. The van der Waals surface area contributed by atoms with Crippen LogP contribution >= 0.6 is 0 Å². The number of aromatic nitrogens is 1. The van der Waals surface area contributed by atoms with Crippen molar-refractivity contribution in [2.24, 2.45) is 0 Å². The fraction of sp³-hybridized carbons (Fsp3) is 0.167. The van der Waals surface area contributed by atoms with E-state index in [1.807, 2.05) is 37.3 Å². The third-order valence-corrected chi connectivity index (χ3v) is 5.66. The summed E-state index contributed by atoms with van der Waals surface area (Å²) >= 11 is 0. The molecule has 24 heavy (non-hydrogen) atoms. The first-order valence-electron chi connectivity index (χ1n) is 7.46. The van der Waals surface area contributed by atoms with Gasteiger partial charge in [-0.1, -0.05) is 47.6 Å². The molecule has 6 heteroatoms. The van der Waals surface area contributed by atoms with Crippen LogP contribution in [0.3, 0.4) is 0 Å². The summed E-state index contributed by atoms with van der Waals surface area (Å²) in [6, 6.07) is 16.5. The van der Waals surface area contributed by atoms with Crippen molar-refractivity contribution >= 4 is 10.0 Å². The molecule has 0 saturated carbocycles. The van der Waals surface area contributed by atoms with Crippen LogP contribution in [0, 0.1) is 6.92 Å². The van der Waals surface area contributed by atoms with E-state index in [4.69, 9.17) is 4.52 Å². The van der Waals surface area contributed by atoms with Crippen LogP contribution in [-0.2, 0) is 10.0 Å². The largest absolute Gasteiger partial charge is 0.360 e. The van der Waals surface area contributed by atoms with Crippen LogP contribution in [0.25, 0.3) is 22.4 Å². The van der Waals surface area contributed by atoms with Crippen molar-refractivity contribution in [1.82, 2.24) is 9.46 Å². The number of hydrogen-bond donors (Lipinski definition) is 0. The molecule has 5 nitrogen and oxygen atoms in total. The first kappa shape index (κ1) is 16.4. The molecule has 3 aromatic rings. The number of rotatable bonds is 4. The number of nitrogens with zero attached hydrogens (tertiary/aromatic N) is 2. The van der Waals surface area contributed by atoms with Gasteiger partial charge in [-0.25, -0.2) is 12.7 Å². The summed E-state index contributed by atoms with van der Waals surface area (Å²) < 4.78 is 30.9. The quantitative estimate of drug-likeness (QED) is 0.727. The van der Waals surface area contributed by atoms with Crippen molar-refractivity contribution in [3.8, 4) is 22.4 Å². The monoisotopic (exact) mass is 342 g/mol. The van der Waals surface area contributed by atoms with Crippen LogP contribution in [-0.4, -0.2) is 32.0 Å². The summed E-state index contributed by atoms with van der Waals surface area (Å²) in [5.74, 6) is 0.692. The Balaban J connectivity index is 2.07. The van der Waals surface area contributed by atoms with E-state index in [2.05, 4.69) is 5.16 Å². The van der Waals surface area contributed by atoms with Gasteiger partial charge < -0.3 is 4.52 Å². The second-order valence-corrected chi connectivity index (χ2v) is 7.79. The molecule has 0 spiro atoms. The Kier molecular flexibility index (Phi) is 4.26. The molecule has 0 amide bonds. The van der Waals surface area contributed by atoms with Crippen molar-refractivity contribution in [1.29, 1.82) is 0 Å². The lowest BCUT2D eigenvalue weighted by atomic mass is 10.00. The van der Waals surface area contributed by atoms with E-state index in [1.165, 1.54) is 18.4 Å². The van der Waals surface area contributed by atoms with E-state index in [-0.39, 0.29) is 4.90 Å². The van der Waals surface area contributed by atoms with Crippen LogP contribution in [0.2, 0.25) is 0 Å². The molecule has 0 unspecified atom stereocenters. The van der Waals surface area contributed by atoms with E-state index < -0.39 is 10.0 Å². The smallest absolute Gasteiger partial charge is 0.242 e. The lowest BCUT2D eigenvalue weighted by molar-refractivity contribution is 0.400. The minimum atomic E-state index is -3.44. The van der Waals surface area contributed by atoms with E-state index in [0.29, 0.717) is 5.76 Å². The van der Waals surface area contributed by atoms with Crippen LogP contribution in [0.1, 0.15) is 5.76 Å². The highest BCUT2D eigenvalue weighted by molar-refractivity contribution is 7.89. The van der Waals surface area contributed by atoms with Gasteiger partial charge in [0.05, 0.1) is 10.5 Å². The first-order chi connectivity index (χ1) is 11.4. The third kappa shape index (κ3) is 2.86. The van der Waals surface area contributed by atoms with Crippen molar-refractivity contribution in [2.45, 2.75) is 11.8 Å². The van der Waals surface area contributed by atoms with Crippen molar-refractivity contribution in [3.05, 3.63) is 60.4 Å². The van der Waals surface area contributed by atoms with E-state index >= 15 is 0 Å². The van der Waals surface area contributed by atoms with Gasteiger partial charge in [-0.15, -0.1) is 0 Å². The predicted molar refractivity (Wildman–Crippen MR) is 93.0 cm³/mol. The van der Waals surface area contributed by atoms with E-state index in [0.717, 1.165) is 22.4 Å². The number of sulfonamides is 1. The molecule has 2 aromatic carbocycles. The highest BCUT2D eigenvalue weighted by Gasteiger charge is 2.19. The van der Waals surface area contributed by atoms with Crippen LogP contribution in [0.15, 0.2) is 64.0 Å². The van der Waals surface area contributed by atoms with Gasteiger partial charge in [0, 0.05) is 19.7 Å². The van der Waals surface area contributed by atoms with E-state index in [1.54, 1.807) is 24.3 Å². The standard InChI is InChI=1S/C18H18N2O3S/c1-13-17(18(19-23-13)15-7-5-4-6-8-15)14-9-11-16(12-10-14)24(21,22)20(2)3/h4-12H,1-3H3. The average Bonchev–Trinajstić information content (AvgIpc) is 2.97. The molecule has 0 aliphatic rings. The highest BCUT2D eigenvalue weighted by Crippen LogP contribution is 2.34. The third-order valence-electron chi connectivity index (χ3n) is 3.83. The molecule has 124 valence electrons. The summed E-state index contributed by atoms with van der Waals surface area (Å²) in [7, 11) is -0.411. The van der Waals surface area contributed by atoms with Crippen LogP contribution in [0.4, 0.5) is 0 Å². The van der Waals surface area contributed by atoms with Gasteiger partial charge in [0.25, 0.3) is 0 Å². The Labute approximate surface area is 141 Å². The summed E-state index contributed by atoms with van der Waals surface area (Å²) in [4.78, 5) is 0.256. The number of hydrogen-bond acceptors (Lipinski definition) is 4. The van der Waals surface area contributed by atoms with Gasteiger partial charge in [-0.2, -0.15) is 0 Å². The second-order valence-electron chi connectivity index (χ2n) is 5.64. The minimum Gasteiger partial charge on any atom is -0.360 e. The molecule has 0 bridgehead atoms. The molecular formula is C18H18N2O3S. The Morgan fingerprint density at radius 1 is 0.917 bits per heavy atom. The van der Waals surface area contributed by atoms with Gasteiger partial charge >= 0.3 is 0 Å². The molecule has 0 saturated heterocycles. The zero-order chi connectivity index (χ0) is 17.3. The summed E-state index contributed by atoms with van der Waals surface area (Å²) in [6.07, 6.45) is 0. The van der Waals surface area contributed by atoms with E-state index in [9.17, 15) is 8.42 Å². The molecular weight excluding hydrogens is 324 g/mol. The molecule has 0 radical (unpaired) electrons. The molecule has 3 rings (SSSR count). The normalized spacial score (nSPS) is 11.8. The van der Waals surface area contributed by atoms with Gasteiger partial charge in [-0.3, -0.25) is 0 Å². The second kappa shape index (κ2) is 6.22. The number of benzene rings is 2. The maximum atomic E-state index is 12.2. The van der Waals surface area contributed by atoms with Gasteiger partial charge in [-0.05, 0) is 24.6 Å². The number of aryl methyl sites for hydroxylation is 1. The Morgan fingerprint density at radius 2 is 1.54 bits per heavy atom. The molecule has 1 aromatic heterocycles. The fourth-order valence-corrected chi connectivity index (χ4v) is 3.41. The molecule has 0 N–H and O–H groups in total. The average molecular weight is 342 g/mol. The van der Waals surface area contributed by atoms with Crippen LogP contribution < -0.4 is 0 Å². The zero-order valence-corrected chi connectivity index (χ0v) is 14.5. The lowest BCUT2D eigenvalue weighted by Gasteiger charge is -2.11. The van der Waals surface area contributed by atoms with Crippen LogP contribution in [0.5, 0.6) is 0 Å².